The van der Waals surface area contributed by atoms with E-state index in [9.17, 15) is 19.5 Å². The second-order valence-corrected chi connectivity index (χ2v) is 15.8. The third-order valence-electron chi connectivity index (χ3n) is 5.87. The molecule has 0 aromatic heterocycles. The zero-order valence-corrected chi connectivity index (χ0v) is 21.0. The van der Waals surface area contributed by atoms with E-state index in [1.54, 1.807) is 27.7 Å². The van der Waals surface area contributed by atoms with Gasteiger partial charge in [-0.3, -0.25) is 4.79 Å². The predicted octanol–water partition coefficient (Wildman–Crippen LogP) is 3.79. The molecule has 0 spiro atoms. The van der Waals surface area contributed by atoms with Crippen molar-refractivity contribution in [2.45, 2.75) is 109 Å². The minimum Gasteiger partial charge on any atom is -0.480 e. The third kappa shape index (κ3) is 6.48. The summed E-state index contributed by atoms with van der Waals surface area (Å²) >= 11 is 0. The summed E-state index contributed by atoms with van der Waals surface area (Å²) in [7, 11) is -1.70. The molecule has 1 heterocycles. The molecule has 3 atom stereocenters. The Morgan fingerprint density at radius 2 is 1.74 bits per heavy atom. The molecule has 0 aromatic rings. The number of aliphatic carboxylic acids is 1. The molecule has 1 aliphatic carbocycles. The molecule has 0 bridgehead atoms. The van der Waals surface area contributed by atoms with Crippen LogP contribution in [0.2, 0.25) is 19.6 Å². The minimum absolute atomic E-state index is 0.0377. The highest BCUT2D eigenvalue weighted by Gasteiger charge is 2.53. The van der Waals surface area contributed by atoms with Crippen LogP contribution in [-0.4, -0.2) is 59.3 Å². The number of carboxylic acid groups (broad SMARTS) is 1. The molecule has 2 aliphatic rings. The number of alkyl carbamates (subject to hydrolysis) is 1. The molecule has 31 heavy (non-hydrogen) atoms. The molecule has 2 fully saturated rings. The SMILES string of the molecule is CC(C)(C)OC(=O)N[C@H](C(=O)N1[C@@H](C#C[Si](C)(C)C)CC[C@@]1(C)C(=O)O)C1CCCC1. The number of carbonyl (C=O) groups is 3. The van der Waals surface area contributed by atoms with Gasteiger partial charge < -0.3 is 20.1 Å². The van der Waals surface area contributed by atoms with Crippen molar-refractivity contribution in [1.82, 2.24) is 10.2 Å². The van der Waals surface area contributed by atoms with Gasteiger partial charge in [0.1, 0.15) is 25.3 Å². The number of rotatable bonds is 4. The van der Waals surface area contributed by atoms with Crippen LogP contribution >= 0.6 is 0 Å². The number of likely N-dealkylation sites (tertiary alicyclic amines) is 1. The molecule has 1 aliphatic heterocycles. The Labute approximate surface area is 187 Å². The van der Waals surface area contributed by atoms with Crippen molar-refractivity contribution in [1.29, 1.82) is 0 Å². The first-order valence-electron chi connectivity index (χ1n) is 11.2. The predicted molar refractivity (Wildman–Crippen MR) is 122 cm³/mol. The smallest absolute Gasteiger partial charge is 0.408 e. The van der Waals surface area contributed by atoms with Crippen LogP contribution in [0.5, 0.6) is 0 Å². The molecule has 174 valence electrons. The van der Waals surface area contributed by atoms with E-state index in [0.29, 0.717) is 12.8 Å². The van der Waals surface area contributed by atoms with Gasteiger partial charge in [0.15, 0.2) is 0 Å². The van der Waals surface area contributed by atoms with E-state index >= 15 is 0 Å². The van der Waals surface area contributed by atoms with E-state index in [4.69, 9.17) is 4.74 Å². The van der Waals surface area contributed by atoms with Gasteiger partial charge in [0.25, 0.3) is 0 Å². The molecular weight excluding hydrogens is 412 g/mol. The number of hydrogen-bond donors (Lipinski definition) is 2. The fraction of sp³-hybridized carbons (Fsp3) is 0.783. The van der Waals surface area contributed by atoms with Crippen LogP contribution in [0.25, 0.3) is 0 Å². The maximum absolute atomic E-state index is 13.8. The highest BCUT2D eigenvalue weighted by Crippen LogP contribution is 2.37. The molecule has 8 heteroatoms. The monoisotopic (exact) mass is 450 g/mol. The first-order valence-corrected chi connectivity index (χ1v) is 14.7. The molecule has 1 saturated heterocycles. The molecular formula is C23H38N2O5Si. The zero-order chi connectivity index (χ0) is 23.6. The van der Waals surface area contributed by atoms with Crippen LogP contribution in [0.15, 0.2) is 0 Å². The van der Waals surface area contributed by atoms with E-state index in [2.05, 4.69) is 36.4 Å². The lowest BCUT2D eigenvalue weighted by molar-refractivity contribution is -0.157. The topological polar surface area (TPSA) is 95.9 Å². The zero-order valence-electron chi connectivity index (χ0n) is 20.0. The average molecular weight is 451 g/mol. The van der Waals surface area contributed by atoms with Gasteiger partial charge in [-0.05, 0) is 59.3 Å². The van der Waals surface area contributed by atoms with Crippen molar-refractivity contribution >= 4 is 26.0 Å². The fourth-order valence-corrected chi connectivity index (χ4v) is 4.91. The number of hydrogen-bond acceptors (Lipinski definition) is 4. The van der Waals surface area contributed by atoms with Gasteiger partial charge >= 0.3 is 12.1 Å². The Morgan fingerprint density at radius 1 is 1.16 bits per heavy atom. The largest absolute Gasteiger partial charge is 0.480 e. The summed E-state index contributed by atoms with van der Waals surface area (Å²) in [5.74, 6) is 1.76. The van der Waals surface area contributed by atoms with Crippen molar-refractivity contribution in [3.8, 4) is 11.5 Å². The first-order chi connectivity index (χ1) is 14.1. The van der Waals surface area contributed by atoms with E-state index < -0.39 is 43.4 Å². The van der Waals surface area contributed by atoms with Gasteiger partial charge in [-0.25, -0.2) is 9.59 Å². The van der Waals surface area contributed by atoms with Crippen LogP contribution in [0.3, 0.4) is 0 Å². The number of carbonyl (C=O) groups excluding carboxylic acids is 2. The number of amides is 2. The molecule has 0 radical (unpaired) electrons. The molecule has 0 aromatic carbocycles. The van der Waals surface area contributed by atoms with Crippen LogP contribution in [0, 0.1) is 17.4 Å². The number of nitrogens with one attached hydrogen (secondary N) is 1. The number of ether oxygens (including phenoxy) is 1. The van der Waals surface area contributed by atoms with Crippen LogP contribution in [0.1, 0.15) is 66.2 Å². The maximum Gasteiger partial charge on any atom is 0.408 e. The van der Waals surface area contributed by atoms with E-state index in [1.807, 2.05) is 0 Å². The molecule has 1 saturated carbocycles. The molecule has 2 N–H and O–H groups in total. The minimum atomic E-state index is -1.70. The van der Waals surface area contributed by atoms with Gasteiger partial charge in [0.05, 0.1) is 6.04 Å². The Morgan fingerprint density at radius 3 is 2.23 bits per heavy atom. The van der Waals surface area contributed by atoms with Crippen LogP contribution in [0.4, 0.5) is 4.79 Å². The summed E-state index contributed by atoms with van der Waals surface area (Å²) in [5.41, 5.74) is 1.26. The normalized spacial score (nSPS) is 25.5. The van der Waals surface area contributed by atoms with Crippen LogP contribution in [-0.2, 0) is 14.3 Å². The maximum atomic E-state index is 13.8. The quantitative estimate of drug-likeness (QED) is 0.502. The average Bonchev–Trinajstić information content (AvgIpc) is 3.23. The van der Waals surface area contributed by atoms with Crippen molar-refractivity contribution in [3.63, 3.8) is 0 Å². The lowest BCUT2D eigenvalue weighted by Gasteiger charge is -2.38. The summed E-state index contributed by atoms with van der Waals surface area (Å²) in [6.45, 7) is 13.2. The number of carboxylic acids is 1. The number of nitrogens with zero attached hydrogens (tertiary/aromatic N) is 1. The van der Waals surface area contributed by atoms with Gasteiger partial charge in [-0.1, -0.05) is 38.4 Å². The summed E-state index contributed by atoms with van der Waals surface area (Å²) < 4.78 is 5.40. The second kappa shape index (κ2) is 9.23. The summed E-state index contributed by atoms with van der Waals surface area (Å²) in [6.07, 6.45) is 3.79. The standard InChI is InChI=1S/C23H38N2O5Si/c1-22(2,3)30-21(29)24-18(16-10-8-9-11-16)19(26)25-17(13-15-31(5,6)7)12-14-23(25,4)20(27)28/h16-18H,8-12,14H2,1-7H3,(H,24,29)(H,27,28)/t17-,18+,23+/m1/s1. The third-order valence-corrected chi connectivity index (χ3v) is 6.76. The molecule has 2 amide bonds. The lowest BCUT2D eigenvalue weighted by Crippen LogP contribution is -2.61. The first kappa shape index (κ1) is 25.2. The summed E-state index contributed by atoms with van der Waals surface area (Å²) in [6, 6.07) is -1.28. The lowest BCUT2D eigenvalue weighted by atomic mass is 9.93. The second-order valence-electron chi connectivity index (χ2n) is 11.0. The van der Waals surface area contributed by atoms with Crippen molar-refractivity contribution in [2.24, 2.45) is 5.92 Å². The van der Waals surface area contributed by atoms with Gasteiger partial charge in [0.2, 0.25) is 5.91 Å². The molecule has 0 unspecified atom stereocenters. The van der Waals surface area contributed by atoms with Gasteiger partial charge in [-0.15, -0.1) is 5.54 Å². The molecule has 7 nitrogen and oxygen atoms in total. The van der Waals surface area contributed by atoms with Gasteiger partial charge in [0, 0.05) is 0 Å². The Hall–Kier alpha value is -2.01. The Balaban J connectivity index is 2.39. The van der Waals surface area contributed by atoms with Gasteiger partial charge in [-0.2, -0.15) is 0 Å². The van der Waals surface area contributed by atoms with Crippen molar-refractivity contribution < 1.29 is 24.2 Å². The highest BCUT2D eigenvalue weighted by molar-refractivity contribution is 6.83. The Bertz CT molecular complexity index is 768. The van der Waals surface area contributed by atoms with E-state index in [-0.39, 0.29) is 11.8 Å². The Kier molecular flexibility index (Phi) is 7.52. The molecule has 2 rings (SSSR count). The van der Waals surface area contributed by atoms with E-state index in [0.717, 1.165) is 25.7 Å². The summed E-state index contributed by atoms with van der Waals surface area (Å²) in [5, 5.41) is 12.8. The van der Waals surface area contributed by atoms with Crippen LogP contribution < -0.4 is 5.32 Å². The van der Waals surface area contributed by atoms with E-state index in [1.165, 1.54) is 4.90 Å². The summed E-state index contributed by atoms with van der Waals surface area (Å²) in [4.78, 5) is 40.0. The van der Waals surface area contributed by atoms with Crippen molar-refractivity contribution in [3.05, 3.63) is 0 Å². The highest BCUT2D eigenvalue weighted by atomic mass is 28.3. The fourth-order valence-electron chi connectivity index (χ4n) is 4.31. The van der Waals surface area contributed by atoms with Crippen molar-refractivity contribution in [2.75, 3.05) is 0 Å².